The maximum Gasteiger partial charge on any atom is 0.251 e. The molecule has 132 valence electrons. The smallest absolute Gasteiger partial charge is 0.251 e. The fourth-order valence-electron chi connectivity index (χ4n) is 2.80. The van der Waals surface area contributed by atoms with Crippen LogP contribution in [0.5, 0.6) is 0 Å². The molecule has 0 radical (unpaired) electrons. The van der Waals surface area contributed by atoms with Gasteiger partial charge in [0.05, 0.1) is 0 Å². The zero-order chi connectivity index (χ0) is 17.9. The van der Waals surface area contributed by atoms with E-state index in [1.807, 2.05) is 36.2 Å². The highest BCUT2D eigenvalue weighted by molar-refractivity contribution is 5.94. The van der Waals surface area contributed by atoms with Gasteiger partial charge in [0, 0.05) is 31.6 Å². The lowest BCUT2D eigenvalue weighted by Crippen LogP contribution is -2.38. The third-order valence-electron chi connectivity index (χ3n) is 4.95. The first kappa shape index (κ1) is 18.5. The summed E-state index contributed by atoms with van der Waals surface area (Å²) < 4.78 is 0. The van der Waals surface area contributed by atoms with E-state index in [1.54, 1.807) is 0 Å². The second-order valence-electron chi connectivity index (χ2n) is 7.92. The van der Waals surface area contributed by atoms with Gasteiger partial charge in [0.1, 0.15) is 0 Å². The van der Waals surface area contributed by atoms with Crippen LogP contribution in [0.25, 0.3) is 0 Å². The summed E-state index contributed by atoms with van der Waals surface area (Å²) >= 11 is 0. The Balaban J connectivity index is 1.79. The quantitative estimate of drug-likeness (QED) is 0.869. The molecule has 0 aliphatic heterocycles. The van der Waals surface area contributed by atoms with Crippen molar-refractivity contribution in [2.45, 2.75) is 58.4 Å². The van der Waals surface area contributed by atoms with Crippen LogP contribution in [0.1, 0.15) is 62.9 Å². The number of rotatable bonds is 6. The van der Waals surface area contributed by atoms with Gasteiger partial charge in [-0.05, 0) is 48.8 Å². The second-order valence-corrected chi connectivity index (χ2v) is 7.92. The highest BCUT2D eigenvalue weighted by Crippen LogP contribution is 2.34. The second kappa shape index (κ2) is 7.37. The lowest BCUT2D eigenvalue weighted by atomic mass is 9.87. The lowest BCUT2D eigenvalue weighted by molar-refractivity contribution is -0.131. The van der Waals surface area contributed by atoms with E-state index in [0.717, 1.165) is 0 Å². The molecule has 0 saturated heterocycles. The SMILES string of the molecule is C[C@H](C1CC1)N(C)C(=O)CCNC(=O)c1ccc(C(C)(C)C)cc1. The molecular formula is C20H30N2O2. The summed E-state index contributed by atoms with van der Waals surface area (Å²) in [6.45, 7) is 8.91. The van der Waals surface area contributed by atoms with E-state index in [9.17, 15) is 9.59 Å². The molecule has 24 heavy (non-hydrogen) atoms. The molecule has 1 aromatic carbocycles. The van der Waals surface area contributed by atoms with Crippen LogP contribution in [0.15, 0.2) is 24.3 Å². The van der Waals surface area contributed by atoms with Crippen LogP contribution in [0, 0.1) is 5.92 Å². The molecular weight excluding hydrogens is 300 g/mol. The molecule has 0 bridgehead atoms. The fraction of sp³-hybridized carbons (Fsp3) is 0.600. The first-order chi connectivity index (χ1) is 11.2. The van der Waals surface area contributed by atoms with Crippen LogP contribution in [0.4, 0.5) is 0 Å². The largest absolute Gasteiger partial charge is 0.352 e. The molecule has 4 nitrogen and oxygen atoms in total. The van der Waals surface area contributed by atoms with Gasteiger partial charge in [-0.1, -0.05) is 32.9 Å². The standard InChI is InChI=1S/C20H30N2O2/c1-14(15-6-7-15)22(5)18(23)12-13-21-19(24)16-8-10-17(11-9-16)20(2,3)4/h8-11,14-15H,6-7,12-13H2,1-5H3,(H,21,24)/t14-/m1/s1. The summed E-state index contributed by atoms with van der Waals surface area (Å²) in [5, 5.41) is 2.84. The lowest BCUT2D eigenvalue weighted by Gasteiger charge is -2.25. The van der Waals surface area contributed by atoms with Gasteiger partial charge in [0.15, 0.2) is 0 Å². The Labute approximate surface area is 145 Å². The zero-order valence-electron chi connectivity index (χ0n) is 15.6. The molecule has 0 spiro atoms. The minimum Gasteiger partial charge on any atom is -0.352 e. The molecule has 1 aliphatic rings. The molecule has 1 atom stereocenters. The molecule has 0 heterocycles. The van der Waals surface area contributed by atoms with Crippen molar-refractivity contribution in [3.05, 3.63) is 35.4 Å². The normalized spacial score (nSPS) is 15.7. The highest BCUT2D eigenvalue weighted by Gasteiger charge is 2.32. The average Bonchev–Trinajstić information content (AvgIpc) is 3.37. The van der Waals surface area contributed by atoms with Crippen molar-refractivity contribution >= 4 is 11.8 Å². The highest BCUT2D eigenvalue weighted by atomic mass is 16.2. The summed E-state index contributed by atoms with van der Waals surface area (Å²) in [6, 6.07) is 7.98. The number of amides is 2. The first-order valence-corrected chi connectivity index (χ1v) is 8.84. The van der Waals surface area contributed by atoms with Gasteiger partial charge in [0.2, 0.25) is 5.91 Å². The Hall–Kier alpha value is -1.84. The van der Waals surface area contributed by atoms with Crippen LogP contribution in [0.3, 0.4) is 0 Å². The number of nitrogens with zero attached hydrogens (tertiary/aromatic N) is 1. The molecule has 1 fully saturated rings. The van der Waals surface area contributed by atoms with Gasteiger partial charge in [-0.15, -0.1) is 0 Å². The Morgan fingerprint density at radius 1 is 1.21 bits per heavy atom. The molecule has 4 heteroatoms. The average molecular weight is 330 g/mol. The van der Waals surface area contributed by atoms with Gasteiger partial charge >= 0.3 is 0 Å². The fourth-order valence-corrected chi connectivity index (χ4v) is 2.80. The van der Waals surface area contributed by atoms with Crippen LogP contribution < -0.4 is 5.32 Å². The van der Waals surface area contributed by atoms with Crippen molar-refractivity contribution in [2.75, 3.05) is 13.6 Å². The molecule has 2 amide bonds. The number of hydrogen-bond donors (Lipinski definition) is 1. The van der Waals surface area contributed by atoms with Crippen molar-refractivity contribution in [1.29, 1.82) is 0 Å². The van der Waals surface area contributed by atoms with E-state index in [4.69, 9.17) is 0 Å². The Kier molecular flexibility index (Phi) is 5.68. The third-order valence-corrected chi connectivity index (χ3v) is 4.95. The topological polar surface area (TPSA) is 49.4 Å². The summed E-state index contributed by atoms with van der Waals surface area (Å²) in [5.41, 5.74) is 1.91. The molecule has 2 rings (SSSR count). The predicted molar refractivity (Wildman–Crippen MR) is 97.0 cm³/mol. The molecule has 1 saturated carbocycles. The molecule has 1 aliphatic carbocycles. The van der Waals surface area contributed by atoms with Crippen LogP contribution in [-0.2, 0) is 10.2 Å². The van der Waals surface area contributed by atoms with Crippen LogP contribution >= 0.6 is 0 Å². The minimum atomic E-state index is -0.124. The van der Waals surface area contributed by atoms with Crippen molar-refractivity contribution in [2.24, 2.45) is 5.92 Å². The van der Waals surface area contributed by atoms with E-state index in [-0.39, 0.29) is 17.2 Å². The maximum absolute atomic E-state index is 12.2. The van der Waals surface area contributed by atoms with Crippen molar-refractivity contribution in [3.8, 4) is 0 Å². The number of benzene rings is 1. The van der Waals surface area contributed by atoms with Crippen LogP contribution in [0.2, 0.25) is 0 Å². The predicted octanol–water partition coefficient (Wildman–Crippen LogP) is 3.36. The molecule has 0 unspecified atom stereocenters. The summed E-state index contributed by atoms with van der Waals surface area (Å²) in [6.07, 6.45) is 2.79. The molecule has 1 N–H and O–H groups in total. The van der Waals surface area contributed by atoms with Gasteiger partial charge in [-0.2, -0.15) is 0 Å². The zero-order valence-corrected chi connectivity index (χ0v) is 15.6. The number of nitrogens with one attached hydrogen (secondary N) is 1. The summed E-state index contributed by atoms with van der Waals surface area (Å²) in [4.78, 5) is 26.2. The van der Waals surface area contributed by atoms with Gasteiger partial charge < -0.3 is 10.2 Å². The van der Waals surface area contributed by atoms with Crippen molar-refractivity contribution in [1.82, 2.24) is 10.2 Å². The number of carbonyl (C=O) groups is 2. The van der Waals surface area contributed by atoms with E-state index in [1.165, 1.54) is 18.4 Å². The number of carbonyl (C=O) groups excluding carboxylic acids is 2. The van der Waals surface area contributed by atoms with Gasteiger partial charge in [0.25, 0.3) is 5.91 Å². The minimum absolute atomic E-state index is 0.0737. The van der Waals surface area contributed by atoms with E-state index >= 15 is 0 Å². The van der Waals surface area contributed by atoms with Gasteiger partial charge in [-0.3, -0.25) is 9.59 Å². The number of hydrogen-bond acceptors (Lipinski definition) is 2. The third kappa shape index (κ3) is 4.83. The Bertz CT molecular complexity index is 583. The summed E-state index contributed by atoms with van der Waals surface area (Å²) in [7, 11) is 1.86. The maximum atomic E-state index is 12.2. The summed E-state index contributed by atoms with van der Waals surface area (Å²) in [5.74, 6) is 0.633. The van der Waals surface area contributed by atoms with Crippen molar-refractivity contribution < 1.29 is 9.59 Å². The van der Waals surface area contributed by atoms with E-state index in [2.05, 4.69) is 33.0 Å². The van der Waals surface area contributed by atoms with E-state index in [0.29, 0.717) is 30.5 Å². The van der Waals surface area contributed by atoms with E-state index < -0.39 is 0 Å². The first-order valence-electron chi connectivity index (χ1n) is 8.84. The monoisotopic (exact) mass is 330 g/mol. The Morgan fingerprint density at radius 3 is 2.29 bits per heavy atom. The molecule has 0 aromatic heterocycles. The van der Waals surface area contributed by atoms with Crippen molar-refractivity contribution in [3.63, 3.8) is 0 Å². The molecule has 1 aromatic rings. The van der Waals surface area contributed by atoms with Gasteiger partial charge in [-0.25, -0.2) is 0 Å². The van der Waals surface area contributed by atoms with Crippen LogP contribution in [-0.4, -0.2) is 36.3 Å². The Morgan fingerprint density at radius 2 is 1.79 bits per heavy atom.